The molecule has 110 valence electrons. The van der Waals surface area contributed by atoms with Crippen LogP contribution in [0.1, 0.15) is 42.9 Å². The minimum absolute atomic E-state index is 0.202. The minimum atomic E-state index is -0.202. The van der Waals surface area contributed by atoms with Crippen molar-refractivity contribution >= 4 is 6.08 Å². The molecule has 0 radical (unpaired) electrons. The van der Waals surface area contributed by atoms with Crippen LogP contribution in [0.15, 0.2) is 49.6 Å². The Morgan fingerprint density at radius 1 is 1.24 bits per heavy atom. The lowest BCUT2D eigenvalue weighted by Gasteiger charge is -2.24. The van der Waals surface area contributed by atoms with Gasteiger partial charge in [-0.1, -0.05) is 43.3 Å². The molecular formula is C18H23N2O+. The summed E-state index contributed by atoms with van der Waals surface area (Å²) in [5.74, 6) is 0. The van der Waals surface area contributed by atoms with Gasteiger partial charge in [0.25, 0.3) is 0 Å². The highest BCUT2D eigenvalue weighted by molar-refractivity contribution is 5.47. The van der Waals surface area contributed by atoms with Gasteiger partial charge in [0.2, 0.25) is 6.33 Å². The van der Waals surface area contributed by atoms with Crippen molar-refractivity contribution in [2.24, 2.45) is 0 Å². The molecule has 3 nitrogen and oxygen atoms in total. The van der Waals surface area contributed by atoms with E-state index in [1.54, 1.807) is 0 Å². The van der Waals surface area contributed by atoms with E-state index >= 15 is 0 Å². The van der Waals surface area contributed by atoms with Crippen LogP contribution in [0.25, 0.3) is 6.08 Å². The average Bonchev–Trinajstić information content (AvgIpc) is 2.97. The number of aromatic nitrogens is 2. The summed E-state index contributed by atoms with van der Waals surface area (Å²) >= 11 is 0. The Hall–Kier alpha value is -1.87. The van der Waals surface area contributed by atoms with Crippen LogP contribution in [0, 0.1) is 0 Å². The molecule has 1 heterocycles. The van der Waals surface area contributed by atoms with Crippen molar-refractivity contribution in [3.05, 3.63) is 60.7 Å². The van der Waals surface area contributed by atoms with Gasteiger partial charge < -0.3 is 5.11 Å². The summed E-state index contributed by atoms with van der Waals surface area (Å²) < 4.78 is 4.34. The SMILES string of the molecule is C=Cc1ccc(C[n+]2ccn([C@H]3CCCC[C@@H]3O)c2)cc1. The molecule has 0 amide bonds. The van der Waals surface area contributed by atoms with Crippen LogP contribution in [-0.4, -0.2) is 15.8 Å². The van der Waals surface area contributed by atoms with E-state index in [0.29, 0.717) is 0 Å². The predicted octanol–water partition coefficient (Wildman–Crippen LogP) is 2.94. The predicted molar refractivity (Wildman–Crippen MR) is 83.8 cm³/mol. The molecule has 1 aliphatic carbocycles. The Balaban J connectivity index is 1.70. The van der Waals surface area contributed by atoms with E-state index in [0.717, 1.165) is 31.4 Å². The summed E-state index contributed by atoms with van der Waals surface area (Å²) in [6.07, 6.45) is 12.3. The highest BCUT2D eigenvalue weighted by Crippen LogP contribution is 2.27. The Morgan fingerprint density at radius 2 is 2.00 bits per heavy atom. The fourth-order valence-electron chi connectivity index (χ4n) is 3.11. The van der Waals surface area contributed by atoms with Crippen molar-refractivity contribution in [3.8, 4) is 0 Å². The van der Waals surface area contributed by atoms with Crippen molar-refractivity contribution < 1.29 is 9.67 Å². The van der Waals surface area contributed by atoms with Gasteiger partial charge >= 0.3 is 0 Å². The molecule has 1 aromatic carbocycles. The number of aliphatic hydroxyl groups excluding tert-OH is 1. The molecule has 21 heavy (non-hydrogen) atoms. The minimum Gasteiger partial charge on any atom is -0.389 e. The van der Waals surface area contributed by atoms with Gasteiger partial charge in [0.15, 0.2) is 0 Å². The maximum Gasteiger partial charge on any atom is 0.244 e. The molecule has 0 saturated heterocycles. The molecule has 1 saturated carbocycles. The topological polar surface area (TPSA) is 29.0 Å². The third kappa shape index (κ3) is 3.24. The van der Waals surface area contributed by atoms with Gasteiger partial charge in [-0.05, 0) is 30.4 Å². The maximum absolute atomic E-state index is 10.1. The van der Waals surface area contributed by atoms with E-state index in [9.17, 15) is 5.11 Å². The number of benzene rings is 1. The van der Waals surface area contributed by atoms with Crippen LogP contribution in [0.3, 0.4) is 0 Å². The zero-order valence-electron chi connectivity index (χ0n) is 12.4. The van der Waals surface area contributed by atoms with Crippen LogP contribution >= 0.6 is 0 Å². The molecule has 1 aromatic heterocycles. The van der Waals surface area contributed by atoms with Gasteiger partial charge in [-0.15, -0.1) is 0 Å². The molecule has 2 aromatic rings. The number of rotatable bonds is 4. The molecule has 3 heteroatoms. The van der Waals surface area contributed by atoms with Crippen molar-refractivity contribution in [1.29, 1.82) is 0 Å². The first-order chi connectivity index (χ1) is 10.3. The standard InChI is InChI=1S/C18H23N2O/c1-2-15-7-9-16(10-8-15)13-19-11-12-20(14-19)17-5-3-4-6-18(17)21/h2,7-12,14,17-18,21H,1,3-6,13H2/q+1/t17-,18-/m0/s1. The number of nitrogens with zero attached hydrogens (tertiary/aromatic N) is 2. The summed E-state index contributed by atoms with van der Waals surface area (Å²) in [7, 11) is 0. The quantitative estimate of drug-likeness (QED) is 0.859. The first kappa shape index (κ1) is 14.1. The van der Waals surface area contributed by atoms with E-state index in [2.05, 4.69) is 58.7 Å². The van der Waals surface area contributed by atoms with E-state index in [4.69, 9.17) is 0 Å². The smallest absolute Gasteiger partial charge is 0.244 e. The summed E-state index contributed by atoms with van der Waals surface area (Å²) in [4.78, 5) is 0. The van der Waals surface area contributed by atoms with Gasteiger partial charge in [-0.25, -0.2) is 9.13 Å². The second-order valence-corrected chi connectivity index (χ2v) is 5.90. The number of imidazole rings is 1. The first-order valence-electron chi connectivity index (χ1n) is 7.72. The van der Waals surface area contributed by atoms with Crippen LogP contribution < -0.4 is 4.57 Å². The molecule has 0 unspecified atom stereocenters. The summed E-state index contributed by atoms with van der Waals surface area (Å²) in [5, 5.41) is 10.1. The lowest BCUT2D eigenvalue weighted by atomic mass is 9.92. The van der Waals surface area contributed by atoms with E-state index < -0.39 is 0 Å². The second-order valence-electron chi connectivity index (χ2n) is 5.90. The zero-order valence-corrected chi connectivity index (χ0v) is 12.4. The molecule has 3 rings (SSSR count). The van der Waals surface area contributed by atoms with Crippen LogP contribution in [0.2, 0.25) is 0 Å². The van der Waals surface area contributed by atoms with E-state index in [1.165, 1.54) is 12.0 Å². The molecule has 0 aliphatic heterocycles. The number of aliphatic hydroxyl groups is 1. The van der Waals surface area contributed by atoms with Crippen molar-refractivity contribution in [2.75, 3.05) is 0 Å². The van der Waals surface area contributed by atoms with Crippen molar-refractivity contribution in [3.63, 3.8) is 0 Å². The first-order valence-corrected chi connectivity index (χ1v) is 7.72. The maximum atomic E-state index is 10.1. The highest BCUT2D eigenvalue weighted by atomic mass is 16.3. The Morgan fingerprint density at radius 3 is 2.71 bits per heavy atom. The normalized spacial score (nSPS) is 22.1. The van der Waals surface area contributed by atoms with Crippen LogP contribution in [-0.2, 0) is 6.54 Å². The van der Waals surface area contributed by atoms with E-state index in [-0.39, 0.29) is 12.1 Å². The van der Waals surface area contributed by atoms with Gasteiger partial charge in [0.1, 0.15) is 25.0 Å². The molecule has 2 atom stereocenters. The summed E-state index contributed by atoms with van der Waals surface area (Å²) in [6.45, 7) is 4.63. The van der Waals surface area contributed by atoms with Crippen molar-refractivity contribution in [1.82, 2.24) is 4.57 Å². The van der Waals surface area contributed by atoms with Gasteiger partial charge in [-0.2, -0.15) is 0 Å². The van der Waals surface area contributed by atoms with Crippen molar-refractivity contribution in [2.45, 2.75) is 44.4 Å². The van der Waals surface area contributed by atoms with Gasteiger partial charge in [0.05, 0.1) is 6.10 Å². The average molecular weight is 283 g/mol. The fraction of sp³-hybridized carbons (Fsp3) is 0.389. The number of hydrogen-bond donors (Lipinski definition) is 1. The van der Waals surface area contributed by atoms with Gasteiger partial charge in [0, 0.05) is 0 Å². The third-order valence-electron chi connectivity index (χ3n) is 4.37. The number of hydrogen-bond acceptors (Lipinski definition) is 1. The molecule has 1 fully saturated rings. The lowest BCUT2D eigenvalue weighted by molar-refractivity contribution is -0.688. The zero-order chi connectivity index (χ0) is 14.7. The monoisotopic (exact) mass is 283 g/mol. The molecule has 1 aliphatic rings. The van der Waals surface area contributed by atoms with Crippen LogP contribution in [0.5, 0.6) is 0 Å². The van der Waals surface area contributed by atoms with Crippen LogP contribution in [0.4, 0.5) is 0 Å². The Labute approximate surface area is 126 Å². The van der Waals surface area contributed by atoms with Gasteiger partial charge in [-0.3, -0.25) is 0 Å². The fourth-order valence-corrected chi connectivity index (χ4v) is 3.11. The summed E-state index contributed by atoms with van der Waals surface area (Å²) in [5.41, 5.74) is 2.42. The largest absolute Gasteiger partial charge is 0.389 e. The Bertz CT molecular complexity index is 600. The Kier molecular flexibility index (Phi) is 4.20. The van der Waals surface area contributed by atoms with E-state index in [1.807, 2.05) is 6.08 Å². The molecular weight excluding hydrogens is 260 g/mol. The second kappa shape index (κ2) is 6.27. The molecule has 0 bridgehead atoms. The summed E-state index contributed by atoms with van der Waals surface area (Å²) in [6, 6.07) is 8.69. The third-order valence-corrected chi connectivity index (χ3v) is 4.37. The molecule has 1 N–H and O–H groups in total. The highest BCUT2D eigenvalue weighted by Gasteiger charge is 2.28. The molecule has 0 spiro atoms. The lowest BCUT2D eigenvalue weighted by Crippen LogP contribution is -2.33.